The van der Waals surface area contributed by atoms with Crippen molar-refractivity contribution in [3.05, 3.63) is 28.8 Å². The van der Waals surface area contributed by atoms with Crippen LogP contribution < -0.4 is 10.2 Å². The predicted molar refractivity (Wildman–Crippen MR) is 97.7 cm³/mol. The van der Waals surface area contributed by atoms with E-state index in [4.69, 9.17) is 16.3 Å². The lowest BCUT2D eigenvalue weighted by atomic mass is 10.1. The molecule has 2 atom stereocenters. The third kappa shape index (κ3) is 4.64. The van der Waals surface area contributed by atoms with Crippen molar-refractivity contribution in [2.75, 3.05) is 31.1 Å². The van der Waals surface area contributed by atoms with Gasteiger partial charge in [-0.15, -0.1) is 0 Å². The molecule has 2 unspecified atom stereocenters. The van der Waals surface area contributed by atoms with Crippen LogP contribution in [0.5, 0.6) is 0 Å². The number of aryl methyl sites for hydroxylation is 1. The van der Waals surface area contributed by atoms with E-state index in [-0.39, 0.29) is 5.91 Å². The fraction of sp³-hybridized carbons (Fsp3) is 0.632. The predicted octanol–water partition coefficient (Wildman–Crippen LogP) is 3.55. The van der Waals surface area contributed by atoms with Crippen molar-refractivity contribution < 1.29 is 9.53 Å². The van der Waals surface area contributed by atoms with Gasteiger partial charge in [0.1, 0.15) is 0 Å². The van der Waals surface area contributed by atoms with E-state index in [2.05, 4.69) is 23.2 Å². The number of nitrogens with one attached hydrogen (secondary N) is 1. The highest BCUT2D eigenvalue weighted by atomic mass is 35.5. The van der Waals surface area contributed by atoms with Crippen LogP contribution in [0.3, 0.4) is 0 Å². The minimum atomic E-state index is 0.155. The van der Waals surface area contributed by atoms with Crippen molar-refractivity contribution in [1.29, 1.82) is 0 Å². The zero-order valence-corrected chi connectivity index (χ0v) is 15.1. The fourth-order valence-corrected chi connectivity index (χ4v) is 3.82. The van der Waals surface area contributed by atoms with Gasteiger partial charge in [-0.25, -0.2) is 0 Å². The Kier molecular flexibility index (Phi) is 6.01. The number of anilines is 1. The monoisotopic (exact) mass is 350 g/mol. The second kappa shape index (κ2) is 8.21. The largest absolute Gasteiger partial charge is 0.378 e. The van der Waals surface area contributed by atoms with Crippen molar-refractivity contribution in [2.45, 2.75) is 45.1 Å². The number of ether oxygens (including phenoxy) is 1. The number of benzene rings is 1. The summed E-state index contributed by atoms with van der Waals surface area (Å²) in [5.41, 5.74) is 2.47. The minimum Gasteiger partial charge on any atom is -0.378 e. The summed E-state index contributed by atoms with van der Waals surface area (Å²) < 4.78 is 5.57. The molecule has 2 aliphatic rings. The van der Waals surface area contributed by atoms with Crippen LogP contribution in [0.2, 0.25) is 5.02 Å². The maximum atomic E-state index is 12.0. The maximum Gasteiger partial charge on any atom is 0.220 e. The van der Waals surface area contributed by atoms with Crippen LogP contribution in [0.1, 0.15) is 37.7 Å². The number of carbonyl (C=O) groups is 1. The molecule has 0 radical (unpaired) electrons. The van der Waals surface area contributed by atoms with E-state index in [0.29, 0.717) is 18.4 Å². The van der Waals surface area contributed by atoms with E-state index in [1.165, 1.54) is 11.3 Å². The Bertz CT molecular complexity index is 572. The first kappa shape index (κ1) is 17.6. The highest BCUT2D eigenvalue weighted by Crippen LogP contribution is 2.29. The molecule has 2 fully saturated rings. The average Bonchev–Trinajstić information content (AvgIpc) is 3.24. The molecule has 0 bridgehead atoms. The van der Waals surface area contributed by atoms with Gasteiger partial charge >= 0.3 is 0 Å². The molecule has 1 aromatic carbocycles. The van der Waals surface area contributed by atoms with Crippen molar-refractivity contribution >= 4 is 23.2 Å². The molecule has 4 nitrogen and oxygen atoms in total. The van der Waals surface area contributed by atoms with E-state index >= 15 is 0 Å². The number of halogens is 1. The lowest BCUT2D eigenvalue weighted by Gasteiger charge is -2.21. The highest BCUT2D eigenvalue weighted by Gasteiger charge is 2.24. The molecule has 3 rings (SSSR count). The molecule has 1 N–H and O–H groups in total. The van der Waals surface area contributed by atoms with E-state index in [1.54, 1.807) is 0 Å². The van der Waals surface area contributed by atoms with Crippen LogP contribution >= 0.6 is 11.6 Å². The number of rotatable bonds is 6. The summed E-state index contributed by atoms with van der Waals surface area (Å²) in [5, 5.41) is 3.88. The Morgan fingerprint density at radius 2 is 2.29 bits per heavy atom. The average molecular weight is 351 g/mol. The third-order valence-corrected chi connectivity index (χ3v) is 5.34. The van der Waals surface area contributed by atoms with Crippen LogP contribution in [0.15, 0.2) is 18.2 Å². The molecule has 2 heterocycles. The summed E-state index contributed by atoms with van der Waals surface area (Å²) in [6.45, 7) is 5.74. The van der Waals surface area contributed by atoms with Gasteiger partial charge in [-0.2, -0.15) is 0 Å². The smallest absolute Gasteiger partial charge is 0.220 e. The summed E-state index contributed by atoms with van der Waals surface area (Å²) >= 11 is 6.13. The minimum absolute atomic E-state index is 0.155. The van der Waals surface area contributed by atoms with Gasteiger partial charge in [0.15, 0.2) is 0 Å². The number of amides is 1. The topological polar surface area (TPSA) is 41.6 Å². The Morgan fingerprint density at radius 3 is 3.08 bits per heavy atom. The molecule has 0 saturated carbocycles. The van der Waals surface area contributed by atoms with Gasteiger partial charge in [0.05, 0.1) is 6.10 Å². The summed E-state index contributed by atoms with van der Waals surface area (Å²) in [6.07, 6.45) is 5.07. The quantitative estimate of drug-likeness (QED) is 0.853. The molecule has 2 aliphatic heterocycles. The molecule has 5 heteroatoms. The normalized spacial score (nSPS) is 23.7. The van der Waals surface area contributed by atoms with Gasteiger partial charge in [0.25, 0.3) is 0 Å². The van der Waals surface area contributed by atoms with Crippen molar-refractivity contribution in [2.24, 2.45) is 5.92 Å². The fourth-order valence-electron chi connectivity index (χ4n) is 3.65. The van der Waals surface area contributed by atoms with Crippen LogP contribution in [0.4, 0.5) is 5.69 Å². The Morgan fingerprint density at radius 1 is 1.42 bits per heavy atom. The number of carbonyl (C=O) groups excluding carboxylic acids is 1. The van der Waals surface area contributed by atoms with Crippen molar-refractivity contribution in [3.8, 4) is 0 Å². The van der Waals surface area contributed by atoms with Gasteiger partial charge < -0.3 is 15.0 Å². The zero-order chi connectivity index (χ0) is 16.9. The SMILES string of the molecule is Cc1ccc(Cl)cc1N1CCC(CNC(=O)CCC2CCCO2)C1. The molecular formula is C19H27ClN2O2. The number of hydrogen-bond donors (Lipinski definition) is 1. The number of nitrogens with zero attached hydrogens (tertiary/aromatic N) is 1. The lowest BCUT2D eigenvalue weighted by Crippen LogP contribution is -2.31. The molecule has 24 heavy (non-hydrogen) atoms. The lowest BCUT2D eigenvalue weighted by molar-refractivity contribution is -0.121. The van der Waals surface area contributed by atoms with Gasteiger partial charge in [0.2, 0.25) is 5.91 Å². The Labute approximate surface area is 149 Å². The van der Waals surface area contributed by atoms with Crippen molar-refractivity contribution in [3.63, 3.8) is 0 Å². The molecule has 0 aliphatic carbocycles. The summed E-state index contributed by atoms with van der Waals surface area (Å²) in [6, 6.07) is 6.04. The van der Waals surface area contributed by atoms with Gasteiger partial charge in [0, 0.05) is 43.4 Å². The van der Waals surface area contributed by atoms with Crippen molar-refractivity contribution in [1.82, 2.24) is 5.32 Å². The summed E-state index contributed by atoms with van der Waals surface area (Å²) in [5.74, 6) is 0.665. The maximum absolute atomic E-state index is 12.0. The van der Waals surface area contributed by atoms with E-state index in [9.17, 15) is 4.79 Å². The molecule has 1 amide bonds. The van der Waals surface area contributed by atoms with Crippen LogP contribution in [0.25, 0.3) is 0 Å². The Hall–Kier alpha value is -1.26. The van der Waals surface area contributed by atoms with Crippen LogP contribution in [-0.2, 0) is 9.53 Å². The van der Waals surface area contributed by atoms with Crippen LogP contribution in [-0.4, -0.2) is 38.3 Å². The van der Waals surface area contributed by atoms with E-state index < -0.39 is 0 Å². The molecule has 0 spiro atoms. The third-order valence-electron chi connectivity index (χ3n) is 5.10. The molecule has 1 aromatic rings. The van der Waals surface area contributed by atoms with Gasteiger partial charge in [-0.1, -0.05) is 17.7 Å². The first-order chi connectivity index (χ1) is 11.6. The summed E-state index contributed by atoms with van der Waals surface area (Å²) in [4.78, 5) is 14.4. The van der Waals surface area contributed by atoms with E-state index in [0.717, 1.165) is 56.9 Å². The highest BCUT2D eigenvalue weighted by molar-refractivity contribution is 6.30. The number of hydrogen-bond acceptors (Lipinski definition) is 3. The first-order valence-corrected chi connectivity index (χ1v) is 9.39. The first-order valence-electron chi connectivity index (χ1n) is 9.01. The van der Waals surface area contributed by atoms with E-state index in [1.807, 2.05) is 12.1 Å². The second-order valence-corrected chi connectivity index (χ2v) is 7.45. The molecule has 132 valence electrons. The van der Waals surface area contributed by atoms with Crippen LogP contribution in [0, 0.1) is 12.8 Å². The van der Waals surface area contributed by atoms with Gasteiger partial charge in [-0.3, -0.25) is 4.79 Å². The standard InChI is InChI=1S/C19H27ClN2O2/c1-14-4-5-16(20)11-18(14)22-9-8-15(13-22)12-21-19(23)7-6-17-3-2-10-24-17/h4-5,11,15,17H,2-3,6-10,12-13H2,1H3,(H,21,23). The zero-order valence-electron chi connectivity index (χ0n) is 14.4. The summed E-state index contributed by atoms with van der Waals surface area (Å²) in [7, 11) is 0. The molecular weight excluding hydrogens is 324 g/mol. The molecule has 0 aromatic heterocycles. The molecule has 2 saturated heterocycles. The Balaban J connectivity index is 1.41. The van der Waals surface area contributed by atoms with Gasteiger partial charge in [-0.05, 0) is 56.2 Å². The second-order valence-electron chi connectivity index (χ2n) is 7.01.